The average molecular weight is 330 g/mol. The van der Waals surface area contributed by atoms with Gasteiger partial charge in [0, 0.05) is 13.1 Å². The van der Waals surface area contributed by atoms with Crippen LogP contribution in [0.4, 0.5) is 0 Å². The molecule has 0 amide bonds. The second-order valence-electron chi connectivity index (χ2n) is 5.44. The minimum Gasteiger partial charge on any atom is -0.277 e. The highest BCUT2D eigenvalue weighted by Gasteiger charge is 2.30. The zero-order chi connectivity index (χ0) is 16.0. The summed E-state index contributed by atoms with van der Waals surface area (Å²) in [6, 6.07) is 12.7. The largest absolute Gasteiger partial charge is 0.343 e. The molecule has 4 rings (SSSR count). The maximum Gasteiger partial charge on any atom is 0.343 e. The molecule has 0 spiro atoms. The molecule has 1 aromatic heterocycles. The van der Waals surface area contributed by atoms with E-state index in [9.17, 15) is 13.2 Å². The van der Waals surface area contributed by atoms with Crippen molar-refractivity contribution in [3.63, 3.8) is 0 Å². The Morgan fingerprint density at radius 3 is 2.65 bits per heavy atom. The highest BCUT2D eigenvalue weighted by atomic mass is 32.2. The van der Waals surface area contributed by atoms with Gasteiger partial charge >= 0.3 is 5.69 Å². The van der Waals surface area contributed by atoms with Gasteiger partial charge in [0.05, 0.1) is 11.4 Å². The Labute approximate surface area is 132 Å². The Hall–Kier alpha value is -2.45. The van der Waals surface area contributed by atoms with Gasteiger partial charge < -0.3 is 0 Å². The molecule has 0 unspecified atom stereocenters. The lowest BCUT2D eigenvalue weighted by Gasteiger charge is -2.26. The lowest BCUT2D eigenvalue weighted by molar-refractivity contribution is 0.332. The third-order valence-electron chi connectivity index (χ3n) is 4.09. The van der Waals surface area contributed by atoms with Gasteiger partial charge in [-0.05, 0) is 22.9 Å². The standard InChI is InChI=1S/C15H14N4O3S/c20-15-17-16-14-10-18(7-8-19(14)15)23(21,22)13-6-5-11-3-1-2-4-12(11)9-13/h1-6,9H,7-8,10H2,(H,17,20). The Morgan fingerprint density at radius 1 is 1.04 bits per heavy atom. The van der Waals surface area contributed by atoms with E-state index in [1.54, 1.807) is 18.2 Å². The summed E-state index contributed by atoms with van der Waals surface area (Å²) in [4.78, 5) is 11.8. The maximum absolute atomic E-state index is 12.8. The number of benzene rings is 2. The monoisotopic (exact) mass is 330 g/mol. The van der Waals surface area contributed by atoms with Crippen LogP contribution in [0.2, 0.25) is 0 Å². The fraction of sp³-hybridized carbons (Fsp3) is 0.200. The van der Waals surface area contributed by atoms with Crippen molar-refractivity contribution in [2.75, 3.05) is 6.54 Å². The van der Waals surface area contributed by atoms with Crippen LogP contribution in [-0.2, 0) is 23.1 Å². The van der Waals surface area contributed by atoms with E-state index in [1.165, 1.54) is 8.87 Å². The van der Waals surface area contributed by atoms with Gasteiger partial charge in [0.15, 0.2) is 0 Å². The molecule has 0 bridgehead atoms. The smallest absolute Gasteiger partial charge is 0.277 e. The van der Waals surface area contributed by atoms with Gasteiger partial charge in [-0.2, -0.15) is 9.40 Å². The number of rotatable bonds is 2. The number of aromatic nitrogens is 3. The van der Waals surface area contributed by atoms with Gasteiger partial charge in [0.25, 0.3) is 0 Å². The minimum atomic E-state index is -3.62. The molecule has 118 valence electrons. The second kappa shape index (κ2) is 5.04. The highest BCUT2D eigenvalue weighted by molar-refractivity contribution is 7.89. The molecule has 0 saturated heterocycles. The van der Waals surface area contributed by atoms with E-state index in [1.807, 2.05) is 24.3 Å². The molecule has 0 saturated carbocycles. The van der Waals surface area contributed by atoms with Crippen LogP contribution in [0.15, 0.2) is 52.2 Å². The fourth-order valence-corrected chi connectivity index (χ4v) is 4.25. The van der Waals surface area contributed by atoms with Crippen LogP contribution in [0, 0.1) is 0 Å². The highest BCUT2D eigenvalue weighted by Crippen LogP contribution is 2.24. The molecule has 0 aliphatic carbocycles. The zero-order valence-electron chi connectivity index (χ0n) is 12.1. The molecule has 1 aliphatic heterocycles. The van der Waals surface area contributed by atoms with Crippen molar-refractivity contribution < 1.29 is 8.42 Å². The van der Waals surface area contributed by atoms with Crippen molar-refractivity contribution in [2.24, 2.45) is 0 Å². The van der Waals surface area contributed by atoms with E-state index in [2.05, 4.69) is 10.2 Å². The van der Waals surface area contributed by atoms with Gasteiger partial charge in [0.1, 0.15) is 5.82 Å². The summed E-state index contributed by atoms with van der Waals surface area (Å²) in [5.41, 5.74) is -0.303. The molecule has 0 radical (unpaired) electrons. The van der Waals surface area contributed by atoms with Crippen LogP contribution < -0.4 is 5.69 Å². The van der Waals surface area contributed by atoms with Crippen LogP contribution in [-0.4, -0.2) is 34.0 Å². The van der Waals surface area contributed by atoms with E-state index in [-0.39, 0.29) is 23.7 Å². The Bertz CT molecular complexity index is 1050. The lowest BCUT2D eigenvalue weighted by atomic mass is 10.1. The first-order chi connectivity index (χ1) is 11.1. The van der Waals surface area contributed by atoms with Gasteiger partial charge in [-0.3, -0.25) is 4.57 Å². The molecule has 3 aromatic rings. The van der Waals surface area contributed by atoms with Crippen LogP contribution in [0.25, 0.3) is 10.8 Å². The maximum atomic E-state index is 12.8. The van der Waals surface area contributed by atoms with E-state index in [0.29, 0.717) is 12.4 Å². The predicted octanol–water partition coefficient (Wildman–Crippen LogP) is 0.929. The summed E-state index contributed by atoms with van der Waals surface area (Å²) in [7, 11) is -3.62. The molecule has 1 N–H and O–H groups in total. The molecule has 8 heteroatoms. The molecular formula is C15H14N4O3S. The molecule has 2 aromatic carbocycles. The Kier molecular flexibility index (Phi) is 3.10. The van der Waals surface area contributed by atoms with Crippen molar-refractivity contribution >= 4 is 20.8 Å². The number of nitrogens with zero attached hydrogens (tertiary/aromatic N) is 3. The topological polar surface area (TPSA) is 88.1 Å². The van der Waals surface area contributed by atoms with Gasteiger partial charge in [-0.15, -0.1) is 0 Å². The summed E-state index contributed by atoms with van der Waals surface area (Å²) in [6.45, 7) is 0.646. The first-order valence-electron chi connectivity index (χ1n) is 7.19. The van der Waals surface area contributed by atoms with Crippen molar-refractivity contribution in [3.05, 3.63) is 58.8 Å². The zero-order valence-corrected chi connectivity index (χ0v) is 13.0. The van der Waals surface area contributed by atoms with Gasteiger partial charge in [0.2, 0.25) is 10.0 Å². The van der Waals surface area contributed by atoms with E-state index < -0.39 is 10.0 Å². The molecule has 1 aliphatic rings. The molecule has 7 nitrogen and oxygen atoms in total. The molecule has 2 heterocycles. The third kappa shape index (κ3) is 2.27. The van der Waals surface area contributed by atoms with Crippen LogP contribution in [0.1, 0.15) is 5.82 Å². The normalized spacial score (nSPS) is 15.7. The van der Waals surface area contributed by atoms with Crippen LogP contribution in [0.3, 0.4) is 0 Å². The Balaban J connectivity index is 1.73. The number of hydrogen-bond acceptors (Lipinski definition) is 4. The number of nitrogens with one attached hydrogen (secondary N) is 1. The van der Waals surface area contributed by atoms with E-state index in [0.717, 1.165) is 10.8 Å². The van der Waals surface area contributed by atoms with E-state index >= 15 is 0 Å². The van der Waals surface area contributed by atoms with Crippen molar-refractivity contribution in [2.45, 2.75) is 18.0 Å². The van der Waals surface area contributed by atoms with E-state index in [4.69, 9.17) is 0 Å². The summed E-state index contributed by atoms with van der Waals surface area (Å²) < 4.78 is 28.5. The number of H-pyrrole nitrogens is 1. The van der Waals surface area contributed by atoms with Crippen molar-refractivity contribution in [1.29, 1.82) is 0 Å². The number of hydrogen-bond donors (Lipinski definition) is 1. The number of sulfonamides is 1. The summed E-state index contributed by atoms with van der Waals surface area (Å²) >= 11 is 0. The SMILES string of the molecule is O=c1[nH]nc2n1CCN(S(=O)(=O)c1ccc3ccccc3c1)C2. The van der Waals surface area contributed by atoms with Crippen molar-refractivity contribution in [3.8, 4) is 0 Å². The third-order valence-corrected chi connectivity index (χ3v) is 5.93. The first-order valence-corrected chi connectivity index (χ1v) is 8.63. The molecule has 23 heavy (non-hydrogen) atoms. The molecular weight excluding hydrogens is 316 g/mol. The predicted molar refractivity (Wildman–Crippen MR) is 84.4 cm³/mol. The minimum absolute atomic E-state index is 0.0912. The second-order valence-corrected chi connectivity index (χ2v) is 7.38. The number of aromatic amines is 1. The van der Waals surface area contributed by atoms with Crippen molar-refractivity contribution in [1.82, 2.24) is 19.1 Å². The molecule has 0 fully saturated rings. The summed E-state index contributed by atoms with van der Waals surface area (Å²) in [5.74, 6) is 0.436. The molecule has 0 atom stereocenters. The fourth-order valence-electron chi connectivity index (χ4n) is 2.83. The Morgan fingerprint density at radius 2 is 1.83 bits per heavy atom. The average Bonchev–Trinajstić information content (AvgIpc) is 2.95. The van der Waals surface area contributed by atoms with Gasteiger partial charge in [-0.1, -0.05) is 30.3 Å². The van der Waals surface area contributed by atoms with Crippen LogP contribution in [0.5, 0.6) is 0 Å². The first kappa shape index (κ1) is 14.2. The summed E-state index contributed by atoms with van der Waals surface area (Å²) in [6.07, 6.45) is 0. The number of fused-ring (bicyclic) bond motifs is 2. The van der Waals surface area contributed by atoms with Gasteiger partial charge in [-0.25, -0.2) is 18.3 Å². The quantitative estimate of drug-likeness (QED) is 0.757. The lowest BCUT2D eigenvalue weighted by Crippen LogP contribution is -2.40. The van der Waals surface area contributed by atoms with Crippen LogP contribution >= 0.6 is 0 Å². The summed E-state index contributed by atoms with van der Waals surface area (Å²) in [5, 5.41) is 8.10.